The first-order valence-corrected chi connectivity index (χ1v) is 6.88. The lowest BCUT2D eigenvalue weighted by Gasteiger charge is -2.33. The van der Waals surface area contributed by atoms with Gasteiger partial charge in [-0.25, -0.2) is 0 Å². The van der Waals surface area contributed by atoms with E-state index in [1.54, 1.807) is 17.5 Å². The zero-order valence-electron chi connectivity index (χ0n) is 10.6. The Labute approximate surface area is 120 Å². The normalized spacial score (nSPS) is 19.0. The standard InChI is InChI=1S/C12H11F6NOS/c13-11(14,15)10(12(16,17)18)3-4-19(7-10)9(20)6-8-2-1-5-21-8/h1-2,5H,3-4,6-7H2. The molecular formula is C12H11F6NOS. The Morgan fingerprint density at radius 1 is 1.24 bits per heavy atom. The Morgan fingerprint density at radius 2 is 1.86 bits per heavy atom. The van der Waals surface area contributed by atoms with Gasteiger partial charge >= 0.3 is 12.4 Å². The fraction of sp³-hybridized carbons (Fsp3) is 0.583. The number of nitrogens with zero attached hydrogens (tertiary/aromatic N) is 1. The van der Waals surface area contributed by atoms with E-state index in [4.69, 9.17) is 0 Å². The van der Waals surface area contributed by atoms with Gasteiger partial charge in [-0.2, -0.15) is 26.3 Å². The molecule has 21 heavy (non-hydrogen) atoms. The van der Waals surface area contributed by atoms with Crippen LogP contribution in [0.5, 0.6) is 0 Å². The summed E-state index contributed by atoms with van der Waals surface area (Å²) < 4.78 is 77.2. The Kier molecular flexibility index (Phi) is 3.98. The highest BCUT2D eigenvalue weighted by atomic mass is 32.1. The Balaban J connectivity index is 2.15. The molecule has 0 aliphatic carbocycles. The topological polar surface area (TPSA) is 20.3 Å². The average Bonchev–Trinajstić information content (AvgIpc) is 2.94. The molecule has 0 bridgehead atoms. The molecule has 1 amide bonds. The van der Waals surface area contributed by atoms with Gasteiger partial charge in [0.25, 0.3) is 0 Å². The minimum Gasteiger partial charge on any atom is -0.341 e. The molecule has 1 aliphatic rings. The first-order valence-electron chi connectivity index (χ1n) is 6.00. The first-order chi connectivity index (χ1) is 9.57. The van der Waals surface area contributed by atoms with Gasteiger partial charge in [-0.15, -0.1) is 11.3 Å². The van der Waals surface area contributed by atoms with E-state index in [2.05, 4.69) is 0 Å². The molecule has 118 valence electrons. The molecule has 9 heteroatoms. The number of thiophene rings is 1. The first kappa shape index (κ1) is 16.1. The number of hydrogen-bond donors (Lipinski definition) is 0. The van der Waals surface area contributed by atoms with E-state index >= 15 is 0 Å². The van der Waals surface area contributed by atoms with Crippen LogP contribution < -0.4 is 0 Å². The third kappa shape index (κ3) is 2.88. The molecule has 1 fully saturated rings. The lowest BCUT2D eigenvalue weighted by Crippen LogP contribution is -2.52. The molecule has 1 aliphatic heterocycles. The number of hydrogen-bond acceptors (Lipinski definition) is 2. The van der Waals surface area contributed by atoms with Crippen LogP contribution in [0.25, 0.3) is 0 Å². The number of amides is 1. The predicted molar refractivity (Wildman–Crippen MR) is 63.8 cm³/mol. The van der Waals surface area contributed by atoms with Crippen molar-refractivity contribution in [2.75, 3.05) is 13.1 Å². The molecule has 1 aromatic rings. The van der Waals surface area contributed by atoms with Crippen molar-refractivity contribution in [2.24, 2.45) is 5.41 Å². The van der Waals surface area contributed by atoms with E-state index in [-0.39, 0.29) is 6.42 Å². The molecule has 2 nitrogen and oxygen atoms in total. The molecule has 0 atom stereocenters. The maximum Gasteiger partial charge on any atom is 0.404 e. The minimum atomic E-state index is -5.43. The Bertz CT molecular complexity index is 493. The zero-order valence-corrected chi connectivity index (χ0v) is 11.4. The van der Waals surface area contributed by atoms with Gasteiger partial charge in [0, 0.05) is 18.0 Å². The maximum atomic E-state index is 12.9. The molecular weight excluding hydrogens is 320 g/mol. The summed E-state index contributed by atoms with van der Waals surface area (Å²) >= 11 is 1.23. The highest BCUT2D eigenvalue weighted by Gasteiger charge is 2.72. The van der Waals surface area contributed by atoms with Crippen LogP contribution in [-0.4, -0.2) is 36.2 Å². The number of halogens is 6. The van der Waals surface area contributed by atoms with Crippen LogP contribution in [0, 0.1) is 5.41 Å². The predicted octanol–water partition coefficient (Wildman–Crippen LogP) is 3.63. The summed E-state index contributed by atoms with van der Waals surface area (Å²) in [5.74, 6) is -0.715. The van der Waals surface area contributed by atoms with Crippen molar-refractivity contribution in [3.05, 3.63) is 22.4 Å². The van der Waals surface area contributed by atoms with Crippen LogP contribution in [0.15, 0.2) is 17.5 Å². The quantitative estimate of drug-likeness (QED) is 0.758. The minimum absolute atomic E-state index is 0.177. The van der Waals surface area contributed by atoms with E-state index in [9.17, 15) is 31.1 Å². The van der Waals surface area contributed by atoms with E-state index in [0.717, 1.165) is 0 Å². The third-order valence-corrected chi connectivity index (χ3v) is 4.49. The summed E-state index contributed by atoms with van der Waals surface area (Å²) in [5, 5.41) is 1.68. The second-order valence-electron chi connectivity index (χ2n) is 4.90. The average molecular weight is 331 g/mol. The van der Waals surface area contributed by atoms with Crippen molar-refractivity contribution in [3.8, 4) is 0 Å². The summed E-state index contributed by atoms with van der Waals surface area (Å²) in [6.45, 7) is -1.90. The van der Waals surface area contributed by atoms with Crippen LogP contribution in [0.3, 0.4) is 0 Å². The van der Waals surface area contributed by atoms with Gasteiger partial charge in [0.05, 0.1) is 6.42 Å². The Morgan fingerprint density at radius 3 is 2.29 bits per heavy atom. The molecule has 0 spiro atoms. The van der Waals surface area contributed by atoms with Crippen LogP contribution in [0.4, 0.5) is 26.3 Å². The number of carbonyl (C=O) groups excluding carboxylic acids is 1. The number of alkyl halides is 6. The van der Waals surface area contributed by atoms with E-state index < -0.39 is 43.2 Å². The van der Waals surface area contributed by atoms with Crippen LogP contribution in [0.1, 0.15) is 11.3 Å². The molecule has 0 radical (unpaired) electrons. The van der Waals surface area contributed by atoms with Gasteiger partial charge in [-0.3, -0.25) is 4.79 Å². The summed E-state index contributed by atoms with van der Waals surface area (Å²) in [4.78, 5) is 13.1. The maximum absolute atomic E-state index is 12.9. The molecule has 0 N–H and O–H groups in total. The largest absolute Gasteiger partial charge is 0.404 e. The van der Waals surface area contributed by atoms with Gasteiger partial charge in [-0.05, 0) is 17.9 Å². The van der Waals surface area contributed by atoms with E-state index in [1.807, 2.05) is 0 Å². The summed E-state index contributed by atoms with van der Waals surface area (Å²) in [6, 6.07) is 3.27. The fourth-order valence-corrected chi connectivity index (χ4v) is 3.02. The van der Waals surface area contributed by atoms with Crippen molar-refractivity contribution >= 4 is 17.2 Å². The second kappa shape index (κ2) is 5.19. The van der Waals surface area contributed by atoms with Crippen molar-refractivity contribution in [1.29, 1.82) is 0 Å². The number of likely N-dealkylation sites (tertiary alicyclic amines) is 1. The smallest absolute Gasteiger partial charge is 0.341 e. The van der Waals surface area contributed by atoms with Gasteiger partial charge in [0.2, 0.25) is 5.91 Å². The third-order valence-electron chi connectivity index (χ3n) is 3.61. The molecule has 1 saturated heterocycles. The molecule has 0 saturated carbocycles. The van der Waals surface area contributed by atoms with Crippen molar-refractivity contribution in [1.82, 2.24) is 4.90 Å². The molecule has 0 aromatic carbocycles. The highest BCUT2D eigenvalue weighted by molar-refractivity contribution is 7.10. The lowest BCUT2D eigenvalue weighted by molar-refractivity contribution is -0.334. The van der Waals surface area contributed by atoms with Crippen molar-refractivity contribution in [2.45, 2.75) is 25.2 Å². The van der Waals surface area contributed by atoms with Crippen molar-refractivity contribution < 1.29 is 31.1 Å². The van der Waals surface area contributed by atoms with Crippen molar-refractivity contribution in [3.63, 3.8) is 0 Å². The van der Waals surface area contributed by atoms with Crippen LogP contribution >= 0.6 is 11.3 Å². The molecule has 1 aromatic heterocycles. The zero-order chi connectivity index (χ0) is 15.9. The van der Waals surface area contributed by atoms with Gasteiger partial charge in [0.1, 0.15) is 0 Å². The van der Waals surface area contributed by atoms with Crippen LogP contribution in [-0.2, 0) is 11.2 Å². The second-order valence-corrected chi connectivity index (χ2v) is 5.93. The monoisotopic (exact) mass is 331 g/mol. The summed E-state index contributed by atoms with van der Waals surface area (Å²) in [5.41, 5.74) is -3.81. The number of rotatable bonds is 2. The van der Waals surface area contributed by atoms with Gasteiger partial charge in [0.15, 0.2) is 5.41 Å². The Hall–Kier alpha value is -1.25. The van der Waals surface area contributed by atoms with E-state index in [1.165, 1.54) is 11.3 Å². The number of carbonyl (C=O) groups is 1. The molecule has 0 unspecified atom stereocenters. The lowest BCUT2D eigenvalue weighted by atomic mass is 9.85. The summed E-state index contributed by atoms with van der Waals surface area (Å²) in [7, 11) is 0. The molecule has 2 heterocycles. The van der Waals surface area contributed by atoms with Gasteiger partial charge in [-0.1, -0.05) is 6.07 Å². The highest BCUT2D eigenvalue weighted by Crippen LogP contribution is 2.55. The van der Waals surface area contributed by atoms with Gasteiger partial charge < -0.3 is 4.90 Å². The van der Waals surface area contributed by atoms with E-state index in [0.29, 0.717) is 9.78 Å². The van der Waals surface area contributed by atoms with Crippen LogP contribution in [0.2, 0.25) is 0 Å². The summed E-state index contributed by atoms with van der Waals surface area (Å²) in [6.07, 6.45) is -12.2. The SMILES string of the molecule is O=C(Cc1cccs1)N1CCC(C(F)(F)F)(C(F)(F)F)C1. The fourth-order valence-electron chi connectivity index (χ4n) is 2.32. The molecule has 2 rings (SSSR count).